The summed E-state index contributed by atoms with van der Waals surface area (Å²) in [6, 6.07) is 9.97. The predicted octanol–water partition coefficient (Wildman–Crippen LogP) is 2.51. The molecule has 3 aliphatic heterocycles. The van der Waals surface area contributed by atoms with Crippen molar-refractivity contribution in [3.63, 3.8) is 0 Å². The van der Waals surface area contributed by atoms with Crippen molar-refractivity contribution in [1.82, 2.24) is 24.5 Å². The van der Waals surface area contributed by atoms with Crippen LogP contribution >= 0.6 is 0 Å². The Balaban J connectivity index is 1.14. The average Bonchev–Trinajstić information content (AvgIpc) is 3.92. The van der Waals surface area contributed by atoms with Gasteiger partial charge in [0.2, 0.25) is 16.8 Å². The minimum absolute atomic E-state index is 0.00855. The first-order valence-electron chi connectivity index (χ1n) is 16.8. The molecule has 3 aliphatic rings. The van der Waals surface area contributed by atoms with E-state index in [-0.39, 0.29) is 55.4 Å². The van der Waals surface area contributed by atoms with E-state index >= 15 is 0 Å². The van der Waals surface area contributed by atoms with Crippen LogP contribution in [-0.2, 0) is 37.2 Å². The molecule has 0 radical (unpaired) electrons. The number of hydrogen-bond acceptors (Lipinski definition) is 12. The number of rotatable bonds is 15. The maximum atomic E-state index is 13.9. The van der Waals surface area contributed by atoms with Gasteiger partial charge in [-0.05, 0) is 48.6 Å². The van der Waals surface area contributed by atoms with Crippen LogP contribution in [0.5, 0.6) is 17.2 Å². The van der Waals surface area contributed by atoms with Crippen LogP contribution in [0.2, 0.25) is 0 Å². The molecule has 0 spiro atoms. The van der Waals surface area contributed by atoms with Crippen LogP contribution in [0.1, 0.15) is 25.8 Å². The number of hydrogen-bond donors (Lipinski definition) is 3. The molecule has 1 aromatic heterocycles. The Labute approximate surface area is 296 Å². The van der Waals surface area contributed by atoms with Gasteiger partial charge in [-0.15, -0.1) is 0 Å². The molecule has 16 nitrogen and oxygen atoms in total. The minimum atomic E-state index is -4.11. The summed E-state index contributed by atoms with van der Waals surface area (Å²) in [7, 11) is -4.11. The molecule has 5 atom stereocenters. The van der Waals surface area contributed by atoms with E-state index in [2.05, 4.69) is 15.6 Å². The van der Waals surface area contributed by atoms with Crippen LogP contribution in [0.15, 0.2) is 66.1 Å². The molecule has 276 valence electrons. The maximum Gasteiger partial charge on any atom is 0.412 e. The molecule has 6 rings (SSSR count). The lowest BCUT2D eigenvalue weighted by atomic mass is 10.0. The van der Waals surface area contributed by atoms with Crippen LogP contribution in [-0.4, -0.2) is 104 Å². The number of aliphatic hydroxyl groups excluding tert-OH is 1. The molecular formula is C34H43N5O11S. The second kappa shape index (κ2) is 16.3. The Morgan fingerprint density at radius 1 is 1.08 bits per heavy atom. The number of ether oxygens (including phenoxy) is 6. The topological polar surface area (TPSA) is 189 Å². The van der Waals surface area contributed by atoms with Gasteiger partial charge in [-0.1, -0.05) is 26.0 Å². The number of aliphatic hydroxyl groups is 1. The first-order chi connectivity index (χ1) is 24.5. The molecule has 0 saturated carbocycles. The number of imidazole rings is 1. The Bertz CT molecular complexity index is 1740. The maximum absolute atomic E-state index is 13.9. The lowest BCUT2D eigenvalue weighted by molar-refractivity contribution is -0.0907. The Kier molecular flexibility index (Phi) is 11.6. The van der Waals surface area contributed by atoms with Gasteiger partial charge in [0.25, 0.3) is 0 Å². The summed E-state index contributed by atoms with van der Waals surface area (Å²) >= 11 is 0. The van der Waals surface area contributed by atoms with E-state index in [0.717, 1.165) is 0 Å². The van der Waals surface area contributed by atoms with Crippen LogP contribution in [0, 0.1) is 11.8 Å². The number of benzene rings is 2. The third kappa shape index (κ3) is 9.28. The number of carbonyl (C=O) groups is 2. The molecule has 2 saturated heterocycles. The third-order valence-corrected chi connectivity index (χ3v) is 10.6. The Morgan fingerprint density at radius 2 is 1.88 bits per heavy atom. The lowest BCUT2D eigenvalue weighted by Gasteiger charge is -2.31. The number of carbonyl (C=O) groups excluding carboxylic acids is 2. The molecule has 17 heteroatoms. The van der Waals surface area contributed by atoms with Crippen molar-refractivity contribution in [1.29, 1.82) is 0 Å². The average molecular weight is 730 g/mol. The normalized spacial score (nSPS) is 20.6. The number of nitrogens with zero attached hydrogens (tertiary/aromatic N) is 3. The standard InChI is InChI=1S/C34H43N5O11S/c1-22(2)17-39(51(43,44)25-7-8-29-30(16-25)48-21-47-29)18-28(40)27(37-34(42)50-31-19-46-32-26(31)9-14-45-32)15-23-3-5-24(6-4-23)49-33(41)36-11-13-38-12-10-35-20-38/h3-8,10,12,16,20,22,26-28,31-32,40H,9,11,13-15,17-19,21H2,1-2H3,(H,36,41)(H,37,42)/t26?,27-,28+,31?,32?/m0/s1. The monoisotopic (exact) mass is 729 g/mol. The van der Waals surface area contributed by atoms with Gasteiger partial charge in [0.15, 0.2) is 17.8 Å². The van der Waals surface area contributed by atoms with E-state index in [1.165, 1.54) is 22.5 Å². The van der Waals surface area contributed by atoms with Crippen LogP contribution < -0.4 is 24.8 Å². The first kappa shape index (κ1) is 36.4. The van der Waals surface area contributed by atoms with Crippen molar-refractivity contribution in [3.8, 4) is 17.2 Å². The zero-order chi connectivity index (χ0) is 36.0. The molecule has 2 amide bonds. The Morgan fingerprint density at radius 3 is 2.65 bits per heavy atom. The van der Waals surface area contributed by atoms with E-state index in [0.29, 0.717) is 43.2 Å². The highest BCUT2D eigenvalue weighted by Crippen LogP contribution is 2.35. The van der Waals surface area contributed by atoms with Gasteiger partial charge in [-0.2, -0.15) is 4.31 Å². The number of amides is 2. The third-order valence-electron chi connectivity index (χ3n) is 8.74. The second-order valence-corrected chi connectivity index (χ2v) is 14.9. The van der Waals surface area contributed by atoms with E-state index in [1.807, 2.05) is 18.4 Å². The number of sulfonamides is 1. The van der Waals surface area contributed by atoms with Gasteiger partial charge in [-0.3, -0.25) is 0 Å². The molecule has 2 fully saturated rings. The number of fused-ring (bicyclic) bond motifs is 2. The van der Waals surface area contributed by atoms with Gasteiger partial charge in [-0.25, -0.2) is 23.0 Å². The zero-order valence-corrected chi connectivity index (χ0v) is 29.2. The summed E-state index contributed by atoms with van der Waals surface area (Å²) in [5.74, 6) is 0.863. The van der Waals surface area contributed by atoms with Crippen molar-refractivity contribution < 1.29 is 51.5 Å². The first-order valence-corrected chi connectivity index (χ1v) is 18.3. The van der Waals surface area contributed by atoms with Crippen LogP contribution in [0.4, 0.5) is 9.59 Å². The molecule has 0 aliphatic carbocycles. The van der Waals surface area contributed by atoms with E-state index in [4.69, 9.17) is 28.4 Å². The van der Waals surface area contributed by atoms with Crippen molar-refractivity contribution in [3.05, 3.63) is 66.7 Å². The quantitative estimate of drug-likeness (QED) is 0.208. The fraction of sp³-hybridized carbons (Fsp3) is 0.500. The predicted molar refractivity (Wildman–Crippen MR) is 180 cm³/mol. The molecule has 3 unspecified atom stereocenters. The highest BCUT2D eigenvalue weighted by Gasteiger charge is 2.44. The number of nitrogens with one attached hydrogen (secondary N) is 2. The fourth-order valence-corrected chi connectivity index (χ4v) is 7.79. The lowest BCUT2D eigenvalue weighted by Crippen LogP contribution is -2.51. The number of alkyl carbamates (subject to hydrolysis) is 1. The van der Waals surface area contributed by atoms with Crippen molar-refractivity contribution >= 4 is 22.2 Å². The highest BCUT2D eigenvalue weighted by atomic mass is 32.2. The van der Waals surface area contributed by atoms with Gasteiger partial charge in [0, 0.05) is 44.6 Å². The summed E-state index contributed by atoms with van der Waals surface area (Å²) in [5, 5.41) is 17.1. The summed E-state index contributed by atoms with van der Waals surface area (Å²) in [6.07, 6.45) is 2.16. The molecule has 3 aromatic rings. The van der Waals surface area contributed by atoms with E-state index in [9.17, 15) is 23.1 Å². The molecule has 2 aromatic carbocycles. The van der Waals surface area contributed by atoms with E-state index < -0.39 is 46.7 Å². The summed E-state index contributed by atoms with van der Waals surface area (Å²) < 4.78 is 63.8. The molecule has 3 N–H and O–H groups in total. The fourth-order valence-electron chi connectivity index (χ4n) is 6.15. The summed E-state index contributed by atoms with van der Waals surface area (Å²) in [6.45, 7) is 5.07. The highest BCUT2D eigenvalue weighted by molar-refractivity contribution is 7.89. The van der Waals surface area contributed by atoms with Gasteiger partial charge in [0.1, 0.15) is 11.9 Å². The van der Waals surface area contributed by atoms with Gasteiger partial charge < -0.3 is 48.7 Å². The van der Waals surface area contributed by atoms with E-state index in [1.54, 1.807) is 43.0 Å². The SMILES string of the molecule is CC(C)CN(C[C@@H](O)[C@H](Cc1ccc(OC(=O)NCCn2ccnc2)cc1)NC(=O)OC1COC2OCCC12)S(=O)(=O)c1ccc2c(c1)OCO2. The van der Waals surface area contributed by atoms with Crippen molar-refractivity contribution in [2.24, 2.45) is 11.8 Å². The molecule has 4 heterocycles. The van der Waals surface area contributed by atoms with Gasteiger partial charge in [0.05, 0.1) is 42.5 Å². The molecule has 0 bridgehead atoms. The smallest absolute Gasteiger partial charge is 0.412 e. The minimum Gasteiger partial charge on any atom is -0.454 e. The van der Waals surface area contributed by atoms with Crippen LogP contribution in [0.3, 0.4) is 0 Å². The summed E-state index contributed by atoms with van der Waals surface area (Å²) in [4.78, 5) is 29.5. The summed E-state index contributed by atoms with van der Waals surface area (Å²) in [5.41, 5.74) is 0.676. The van der Waals surface area contributed by atoms with Crippen molar-refractivity contribution in [2.45, 2.75) is 62.7 Å². The van der Waals surface area contributed by atoms with Crippen molar-refractivity contribution in [2.75, 3.05) is 39.6 Å². The largest absolute Gasteiger partial charge is 0.454 e. The zero-order valence-electron chi connectivity index (χ0n) is 28.4. The van der Waals surface area contributed by atoms with Crippen LogP contribution in [0.25, 0.3) is 0 Å². The molecule has 51 heavy (non-hydrogen) atoms. The molecular weight excluding hydrogens is 686 g/mol. The van der Waals surface area contributed by atoms with Gasteiger partial charge >= 0.3 is 12.2 Å². The Hall–Kier alpha value is -4.42. The second-order valence-electron chi connectivity index (χ2n) is 13.0. The number of aromatic nitrogens is 2.